The molecule has 0 aliphatic rings. The van der Waals surface area contributed by atoms with Gasteiger partial charge in [-0.15, -0.1) is 0 Å². The van der Waals surface area contributed by atoms with Crippen molar-refractivity contribution < 1.29 is 42.1 Å². The zero-order valence-corrected chi connectivity index (χ0v) is 56.6. The molecule has 0 unspecified atom stereocenters. The second kappa shape index (κ2) is 83.0. The van der Waals surface area contributed by atoms with E-state index in [1.165, 1.54) is 334 Å². The van der Waals surface area contributed by atoms with Crippen LogP contribution in [-0.2, 0) is 21.7 Å². The molecule has 0 aromatic carbocycles. The summed E-state index contributed by atoms with van der Waals surface area (Å²) in [4.78, 5) is 0. The number of aliphatic hydroxyl groups excluding tert-OH is 4. The first-order valence-corrected chi connectivity index (χ1v) is 35.5. The summed E-state index contributed by atoms with van der Waals surface area (Å²) in [6.45, 7) is 20.1. The molecule has 468 valence electrons. The first-order chi connectivity index (χ1) is 37.1. The van der Waals surface area contributed by atoms with E-state index in [1.807, 2.05) is 0 Å². The fourth-order valence-electron chi connectivity index (χ4n) is 10.4. The molecule has 0 bridgehead atoms. The third-order valence-corrected chi connectivity index (χ3v) is 15.8. The molecule has 0 aromatic rings. The average Bonchev–Trinajstić information content (AvgIpc) is 3.39. The third kappa shape index (κ3) is 102. The van der Waals surface area contributed by atoms with Crippen molar-refractivity contribution in [3.05, 3.63) is 0 Å². The number of hydrogen-bond donors (Lipinski definition) is 4. The summed E-state index contributed by atoms with van der Waals surface area (Å²) < 4.78 is 0. The maximum Gasteiger partial charge on any atom is 0.0431 e. The fraction of sp³-hybridized carbons (Fsp3) is 1.00. The maximum absolute atomic E-state index is 8.67. The van der Waals surface area contributed by atoms with Gasteiger partial charge in [-0.1, -0.05) is 389 Å². The van der Waals surface area contributed by atoms with Crippen molar-refractivity contribution in [3.63, 3.8) is 0 Å². The monoisotopic (exact) mass is 1130 g/mol. The zero-order chi connectivity index (χ0) is 56.7. The van der Waals surface area contributed by atoms with Crippen molar-refractivity contribution in [1.29, 1.82) is 0 Å². The maximum atomic E-state index is 8.67. The van der Waals surface area contributed by atoms with Gasteiger partial charge in [0.15, 0.2) is 0 Å². The van der Waals surface area contributed by atoms with Gasteiger partial charge in [-0.3, -0.25) is 0 Å². The van der Waals surface area contributed by atoms with Gasteiger partial charge in [0.05, 0.1) is 0 Å². The molecule has 0 amide bonds. The summed E-state index contributed by atoms with van der Waals surface area (Å²) in [6, 6.07) is 0. The Labute approximate surface area is 504 Å². The predicted molar refractivity (Wildman–Crippen MR) is 346 cm³/mol. The van der Waals surface area contributed by atoms with Crippen LogP contribution in [0.25, 0.3) is 0 Å². The van der Waals surface area contributed by atoms with Crippen molar-refractivity contribution in [2.24, 2.45) is 23.7 Å². The normalized spacial score (nSPS) is 11.2. The van der Waals surface area contributed by atoms with Crippen LogP contribution in [0, 0.1) is 23.7 Å². The molecular weight excluding hydrogens is 977 g/mol. The van der Waals surface area contributed by atoms with Gasteiger partial charge < -0.3 is 20.4 Å². The molecule has 0 saturated heterocycles. The molecule has 5 heteroatoms. The van der Waals surface area contributed by atoms with E-state index in [0.29, 0.717) is 26.4 Å². The van der Waals surface area contributed by atoms with Crippen LogP contribution in [-0.4, -0.2) is 46.9 Å². The van der Waals surface area contributed by atoms with E-state index in [1.54, 1.807) is 0 Å². The van der Waals surface area contributed by atoms with Crippen LogP contribution in [0.2, 0.25) is 0 Å². The molecule has 0 atom stereocenters. The summed E-state index contributed by atoms with van der Waals surface area (Å²) in [6.07, 6.45) is 77.0. The summed E-state index contributed by atoms with van der Waals surface area (Å²) in [5.41, 5.74) is 0. The summed E-state index contributed by atoms with van der Waals surface area (Å²) in [7, 11) is 0. The minimum absolute atomic E-state index is 0. The topological polar surface area (TPSA) is 80.9 Å². The largest absolute Gasteiger partial charge is 0.396 e. The first kappa shape index (κ1) is 86.3. The van der Waals surface area contributed by atoms with E-state index in [-0.39, 0.29) is 21.7 Å². The van der Waals surface area contributed by atoms with Gasteiger partial charge in [-0.25, -0.2) is 0 Å². The van der Waals surface area contributed by atoms with Crippen molar-refractivity contribution >= 4 is 0 Å². The molecule has 77 heavy (non-hydrogen) atoms. The average molecular weight is 1130 g/mol. The number of hydrogen-bond acceptors (Lipinski definition) is 4. The number of unbranched alkanes of at least 4 members (excludes halogenated alkanes) is 48. The predicted octanol–water partition coefficient (Wildman–Crippen LogP) is 24.4. The second-order valence-corrected chi connectivity index (χ2v) is 26.0. The van der Waals surface area contributed by atoms with E-state index < -0.39 is 0 Å². The van der Waals surface area contributed by atoms with Gasteiger partial charge in [0.1, 0.15) is 0 Å². The molecule has 0 heterocycles. The molecule has 0 aromatic heterocycles. The minimum atomic E-state index is 0. The number of rotatable bonds is 60. The van der Waals surface area contributed by atoms with Crippen molar-refractivity contribution in [2.75, 3.05) is 26.4 Å². The Hall–Kier alpha value is 0.554. The van der Waals surface area contributed by atoms with Gasteiger partial charge in [0.25, 0.3) is 0 Å². The van der Waals surface area contributed by atoms with Gasteiger partial charge in [-0.05, 0) is 49.4 Å². The Morgan fingerprint density at radius 2 is 0.221 bits per heavy atom. The first-order valence-electron chi connectivity index (χ1n) is 35.5. The molecule has 4 nitrogen and oxygen atoms in total. The summed E-state index contributed by atoms with van der Waals surface area (Å²) >= 11 is 0. The van der Waals surface area contributed by atoms with Crippen molar-refractivity contribution in [1.82, 2.24) is 0 Å². The second-order valence-electron chi connectivity index (χ2n) is 26.0. The van der Waals surface area contributed by atoms with E-state index in [0.717, 1.165) is 49.4 Å². The van der Waals surface area contributed by atoms with E-state index in [2.05, 4.69) is 55.4 Å². The molecule has 0 aliphatic carbocycles. The Morgan fingerprint density at radius 1 is 0.143 bits per heavy atom. The molecule has 0 rings (SSSR count). The number of aliphatic hydroxyl groups is 4. The third-order valence-electron chi connectivity index (χ3n) is 15.8. The Kier molecular flexibility index (Phi) is 93.1. The Bertz CT molecular complexity index is 767. The van der Waals surface area contributed by atoms with E-state index >= 15 is 0 Å². The minimum Gasteiger partial charge on any atom is -0.396 e. The van der Waals surface area contributed by atoms with Gasteiger partial charge in [0.2, 0.25) is 0 Å². The van der Waals surface area contributed by atoms with Crippen LogP contribution in [0.4, 0.5) is 0 Å². The summed E-state index contributed by atoms with van der Waals surface area (Å²) in [5, 5.41) is 34.7. The molecular formula is C72H152O4Ti. The SMILES string of the molecule is CC(C)CCCCCCCCCCCCCCCO.CC(C)CCCCCCCCCCCCCCCO.CC(C)CCCCCCCCCCCCCCCO.CC(C)CCCCCCCCCCCCCCCO.[Ti]. The molecule has 0 spiro atoms. The summed E-state index contributed by atoms with van der Waals surface area (Å²) in [5.74, 6) is 3.55. The fourth-order valence-corrected chi connectivity index (χ4v) is 10.4. The van der Waals surface area contributed by atoms with Crippen LogP contribution in [0.3, 0.4) is 0 Å². The Balaban J connectivity index is -0.000000298. The molecule has 0 fully saturated rings. The van der Waals surface area contributed by atoms with Gasteiger partial charge >= 0.3 is 0 Å². The van der Waals surface area contributed by atoms with Crippen LogP contribution < -0.4 is 0 Å². The van der Waals surface area contributed by atoms with Crippen LogP contribution in [0.1, 0.15) is 415 Å². The van der Waals surface area contributed by atoms with Gasteiger partial charge in [-0.2, -0.15) is 0 Å². The standard InChI is InChI=1S/4C18H38O.Ti/c4*1-18(2)16-14-12-10-8-6-4-3-5-7-9-11-13-15-17-19;/h4*18-19H,3-17H2,1-2H3;. The molecule has 0 aliphatic heterocycles. The van der Waals surface area contributed by atoms with Crippen molar-refractivity contribution in [2.45, 2.75) is 415 Å². The van der Waals surface area contributed by atoms with Crippen LogP contribution in [0.15, 0.2) is 0 Å². The molecule has 4 N–H and O–H groups in total. The zero-order valence-electron chi connectivity index (χ0n) is 55.0. The van der Waals surface area contributed by atoms with Crippen LogP contribution >= 0.6 is 0 Å². The van der Waals surface area contributed by atoms with Crippen molar-refractivity contribution in [3.8, 4) is 0 Å². The van der Waals surface area contributed by atoms with Crippen LogP contribution in [0.5, 0.6) is 0 Å². The Morgan fingerprint density at radius 3 is 0.299 bits per heavy atom. The van der Waals surface area contributed by atoms with E-state index in [9.17, 15) is 0 Å². The molecule has 0 radical (unpaired) electrons. The van der Waals surface area contributed by atoms with E-state index in [4.69, 9.17) is 20.4 Å². The molecule has 0 saturated carbocycles. The smallest absolute Gasteiger partial charge is 0.0431 e. The quantitative estimate of drug-likeness (QED) is 0.0361. The van der Waals surface area contributed by atoms with Gasteiger partial charge in [0, 0.05) is 48.1 Å².